The van der Waals surface area contributed by atoms with Crippen molar-refractivity contribution in [2.75, 3.05) is 33.3 Å². The molecule has 0 amide bonds. The smallest absolute Gasteiger partial charge is 0.126 e. The van der Waals surface area contributed by atoms with Gasteiger partial charge in [0.25, 0.3) is 0 Å². The molecule has 1 N–H and O–H groups in total. The van der Waals surface area contributed by atoms with Crippen LogP contribution in [0.2, 0.25) is 0 Å². The third-order valence-electron chi connectivity index (χ3n) is 5.05. The number of nitrogens with one attached hydrogen (secondary N) is 1. The van der Waals surface area contributed by atoms with Gasteiger partial charge >= 0.3 is 0 Å². The molecule has 0 radical (unpaired) electrons. The number of likely N-dealkylation sites (tertiary alicyclic amines) is 1. The molecule has 21 heavy (non-hydrogen) atoms. The molecule has 3 rings (SSSR count). The van der Waals surface area contributed by atoms with E-state index in [0.717, 1.165) is 38.3 Å². The van der Waals surface area contributed by atoms with E-state index < -0.39 is 0 Å². The third-order valence-corrected chi connectivity index (χ3v) is 5.05. The van der Waals surface area contributed by atoms with E-state index in [1.807, 2.05) is 6.07 Å². The highest BCUT2D eigenvalue weighted by Crippen LogP contribution is 2.38. The Kier molecular flexibility index (Phi) is 4.45. The van der Waals surface area contributed by atoms with Crippen molar-refractivity contribution in [1.82, 2.24) is 10.2 Å². The molecular weight excluding hydrogens is 267 g/mol. The molecule has 3 nitrogen and oxygen atoms in total. The van der Waals surface area contributed by atoms with E-state index in [4.69, 9.17) is 4.74 Å². The first-order valence-electron chi connectivity index (χ1n) is 7.96. The number of rotatable bonds is 3. The van der Waals surface area contributed by atoms with Crippen molar-refractivity contribution in [2.24, 2.45) is 5.41 Å². The molecule has 0 saturated carbocycles. The summed E-state index contributed by atoms with van der Waals surface area (Å²) >= 11 is 0. The van der Waals surface area contributed by atoms with Gasteiger partial charge < -0.3 is 10.1 Å². The molecule has 2 fully saturated rings. The first kappa shape index (κ1) is 14.8. The minimum Gasteiger partial charge on any atom is -0.496 e. The lowest BCUT2D eigenvalue weighted by molar-refractivity contribution is 0.0547. The number of ether oxygens (including phenoxy) is 1. The largest absolute Gasteiger partial charge is 0.496 e. The normalized spacial score (nSPS) is 22.4. The zero-order valence-electron chi connectivity index (χ0n) is 12.8. The van der Waals surface area contributed by atoms with Crippen LogP contribution in [0.25, 0.3) is 0 Å². The van der Waals surface area contributed by atoms with Crippen LogP contribution in [0.15, 0.2) is 18.2 Å². The number of hydrogen-bond acceptors (Lipinski definition) is 3. The quantitative estimate of drug-likeness (QED) is 0.927. The Bertz CT molecular complexity index is 480. The fourth-order valence-electron chi connectivity index (χ4n) is 3.90. The van der Waals surface area contributed by atoms with E-state index in [-0.39, 0.29) is 5.82 Å². The van der Waals surface area contributed by atoms with Crippen LogP contribution in [-0.4, -0.2) is 38.2 Å². The molecule has 0 aromatic heterocycles. The van der Waals surface area contributed by atoms with Gasteiger partial charge in [0.2, 0.25) is 0 Å². The maximum atomic E-state index is 13.3. The Morgan fingerprint density at radius 3 is 2.86 bits per heavy atom. The van der Waals surface area contributed by atoms with Gasteiger partial charge in [0.15, 0.2) is 0 Å². The van der Waals surface area contributed by atoms with Crippen molar-refractivity contribution in [3.8, 4) is 5.75 Å². The highest BCUT2D eigenvalue weighted by molar-refractivity contribution is 5.34. The first-order valence-corrected chi connectivity index (χ1v) is 7.96. The number of methoxy groups -OCH3 is 1. The van der Waals surface area contributed by atoms with Gasteiger partial charge in [-0.1, -0.05) is 6.07 Å². The molecule has 0 bridgehead atoms. The van der Waals surface area contributed by atoms with Gasteiger partial charge in [-0.2, -0.15) is 0 Å². The second-order valence-electron chi connectivity index (χ2n) is 6.52. The Morgan fingerprint density at radius 2 is 2.10 bits per heavy atom. The van der Waals surface area contributed by atoms with E-state index in [9.17, 15) is 4.39 Å². The number of nitrogens with zero attached hydrogens (tertiary/aromatic N) is 1. The SMILES string of the molecule is COc1cc(F)ccc1CN1CCCC2(CCNCC2)C1. The highest BCUT2D eigenvalue weighted by atomic mass is 19.1. The summed E-state index contributed by atoms with van der Waals surface area (Å²) in [4.78, 5) is 2.52. The van der Waals surface area contributed by atoms with Crippen LogP contribution in [0.5, 0.6) is 5.75 Å². The molecule has 2 aliphatic rings. The Labute approximate surface area is 126 Å². The lowest BCUT2D eigenvalue weighted by Crippen LogP contribution is -2.48. The van der Waals surface area contributed by atoms with Crippen molar-refractivity contribution in [1.29, 1.82) is 0 Å². The van der Waals surface area contributed by atoms with Crippen LogP contribution < -0.4 is 10.1 Å². The van der Waals surface area contributed by atoms with Crippen molar-refractivity contribution < 1.29 is 9.13 Å². The van der Waals surface area contributed by atoms with Crippen molar-refractivity contribution in [2.45, 2.75) is 32.2 Å². The summed E-state index contributed by atoms with van der Waals surface area (Å²) in [6, 6.07) is 4.87. The molecule has 4 heteroatoms. The highest BCUT2D eigenvalue weighted by Gasteiger charge is 2.36. The third kappa shape index (κ3) is 3.38. The number of halogens is 1. The summed E-state index contributed by atoms with van der Waals surface area (Å²) in [7, 11) is 1.61. The fourth-order valence-corrected chi connectivity index (χ4v) is 3.90. The minimum atomic E-state index is -0.232. The molecule has 2 aliphatic heterocycles. The van der Waals surface area contributed by atoms with Crippen LogP contribution >= 0.6 is 0 Å². The first-order chi connectivity index (χ1) is 10.2. The van der Waals surface area contributed by atoms with E-state index in [1.54, 1.807) is 7.11 Å². The molecule has 116 valence electrons. The Hall–Kier alpha value is -1.13. The summed E-state index contributed by atoms with van der Waals surface area (Å²) in [5, 5.41) is 3.47. The van der Waals surface area contributed by atoms with Crippen LogP contribution in [0.3, 0.4) is 0 Å². The van der Waals surface area contributed by atoms with Gasteiger partial charge in [0.1, 0.15) is 11.6 Å². The fraction of sp³-hybridized carbons (Fsp3) is 0.647. The van der Waals surface area contributed by atoms with Gasteiger partial charge in [0.05, 0.1) is 7.11 Å². The summed E-state index contributed by atoms with van der Waals surface area (Å²) in [5.41, 5.74) is 1.58. The van der Waals surface area contributed by atoms with Gasteiger partial charge in [-0.3, -0.25) is 4.90 Å². The predicted octanol–water partition coefficient (Wildman–Crippen LogP) is 2.80. The predicted molar refractivity (Wildman–Crippen MR) is 82.0 cm³/mol. The summed E-state index contributed by atoms with van der Waals surface area (Å²) < 4.78 is 18.6. The molecule has 0 aliphatic carbocycles. The number of benzene rings is 1. The van der Waals surface area contributed by atoms with Crippen LogP contribution in [0.4, 0.5) is 4.39 Å². The Morgan fingerprint density at radius 1 is 1.29 bits per heavy atom. The molecular formula is C17H25FN2O. The van der Waals surface area contributed by atoms with E-state index in [2.05, 4.69) is 10.2 Å². The molecule has 1 aromatic carbocycles. The van der Waals surface area contributed by atoms with Crippen molar-refractivity contribution in [3.05, 3.63) is 29.6 Å². The van der Waals surface area contributed by atoms with E-state index in [1.165, 1.54) is 37.8 Å². The topological polar surface area (TPSA) is 24.5 Å². The molecule has 1 spiro atoms. The number of piperidine rings is 2. The Balaban J connectivity index is 1.70. The lowest BCUT2D eigenvalue weighted by Gasteiger charge is -2.45. The van der Waals surface area contributed by atoms with Crippen molar-refractivity contribution in [3.63, 3.8) is 0 Å². The van der Waals surface area contributed by atoms with Gasteiger partial charge in [-0.05, 0) is 56.8 Å². The maximum Gasteiger partial charge on any atom is 0.126 e. The zero-order valence-corrected chi connectivity index (χ0v) is 12.8. The zero-order chi connectivity index (χ0) is 14.7. The average molecular weight is 292 g/mol. The van der Waals surface area contributed by atoms with Gasteiger partial charge in [0, 0.05) is 24.7 Å². The van der Waals surface area contributed by atoms with Crippen LogP contribution in [-0.2, 0) is 6.54 Å². The average Bonchev–Trinajstić information content (AvgIpc) is 2.50. The maximum absolute atomic E-state index is 13.3. The minimum absolute atomic E-state index is 0.232. The standard InChI is InChI=1S/C17H25FN2O/c1-21-16-11-15(18)4-3-14(16)12-20-10-2-5-17(13-20)6-8-19-9-7-17/h3-4,11,19H,2,5-10,12-13H2,1H3. The van der Waals surface area contributed by atoms with E-state index >= 15 is 0 Å². The molecule has 0 unspecified atom stereocenters. The number of hydrogen-bond donors (Lipinski definition) is 1. The second-order valence-corrected chi connectivity index (χ2v) is 6.52. The van der Waals surface area contributed by atoms with Gasteiger partial charge in [-0.15, -0.1) is 0 Å². The van der Waals surface area contributed by atoms with E-state index in [0.29, 0.717) is 11.2 Å². The second kappa shape index (κ2) is 6.32. The van der Waals surface area contributed by atoms with Crippen molar-refractivity contribution >= 4 is 0 Å². The molecule has 1 aromatic rings. The monoisotopic (exact) mass is 292 g/mol. The van der Waals surface area contributed by atoms with Crippen LogP contribution in [0.1, 0.15) is 31.2 Å². The summed E-state index contributed by atoms with van der Waals surface area (Å²) in [6.45, 7) is 5.45. The van der Waals surface area contributed by atoms with Gasteiger partial charge in [-0.25, -0.2) is 4.39 Å². The molecule has 2 saturated heterocycles. The lowest BCUT2D eigenvalue weighted by atomic mass is 9.73. The molecule has 2 heterocycles. The summed E-state index contributed by atoms with van der Waals surface area (Å²) in [6.07, 6.45) is 5.18. The van der Waals surface area contributed by atoms with Crippen LogP contribution in [0, 0.1) is 11.2 Å². The summed E-state index contributed by atoms with van der Waals surface area (Å²) in [5.74, 6) is 0.434. The molecule has 0 atom stereocenters.